The Morgan fingerprint density at radius 1 is 1.56 bits per heavy atom. The molecule has 1 aromatic rings. The van der Waals surface area contributed by atoms with E-state index in [-0.39, 0.29) is 7.43 Å². The molecule has 0 N–H and O–H groups in total. The molecule has 0 bridgehead atoms. The molecule has 0 aromatic carbocycles. The zero-order valence-electron chi connectivity index (χ0n) is 4.96. The summed E-state index contributed by atoms with van der Waals surface area (Å²) in [7, 11) is 0. The fraction of sp³-hybridized carbons (Fsp3) is 0.667. The zero-order valence-corrected chi connectivity index (χ0v) is 4.96. The van der Waals surface area contributed by atoms with Gasteiger partial charge in [0.2, 0.25) is 5.89 Å². The highest BCUT2D eigenvalue weighted by Gasteiger charge is 2.01. The highest BCUT2D eigenvalue weighted by molar-refractivity contribution is 4.81. The van der Waals surface area contributed by atoms with Gasteiger partial charge in [-0.1, -0.05) is 26.4 Å². The third-order valence-corrected chi connectivity index (χ3v) is 0.872. The van der Waals surface area contributed by atoms with Crippen molar-refractivity contribution in [1.82, 2.24) is 10.1 Å². The maximum absolute atomic E-state index is 4.73. The highest BCUT2D eigenvalue weighted by atomic mass is 16.5. The molecule has 0 aliphatic rings. The average Bonchev–Trinajstić information content (AvgIpc) is 2.12. The summed E-state index contributed by atoms with van der Waals surface area (Å²) >= 11 is 0. The Morgan fingerprint density at radius 2 is 2.22 bits per heavy atom. The Morgan fingerprint density at radius 3 is 2.44 bits per heavy atom. The first-order valence-corrected chi connectivity index (χ1v) is 2.57. The van der Waals surface area contributed by atoms with Crippen LogP contribution in [0.15, 0.2) is 10.9 Å². The second-order valence-corrected chi connectivity index (χ2v) is 1.93. The van der Waals surface area contributed by atoms with Crippen LogP contribution in [0.2, 0.25) is 0 Å². The molecule has 1 rings (SSSR count). The van der Waals surface area contributed by atoms with Gasteiger partial charge < -0.3 is 4.52 Å². The van der Waals surface area contributed by atoms with Gasteiger partial charge in [0.1, 0.15) is 0 Å². The molecule has 0 saturated heterocycles. The molecule has 9 heavy (non-hydrogen) atoms. The fourth-order valence-electron chi connectivity index (χ4n) is 0.436. The molecule has 3 nitrogen and oxygen atoms in total. The van der Waals surface area contributed by atoms with Gasteiger partial charge in [0.15, 0.2) is 6.33 Å². The van der Waals surface area contributed by atoms with Crippen LogP contribution < -0.4 is 0 Å². The van der Waals surface area contributed by atoms with Crippen LogP contribution in [0.25, 0.3) is 0 Å². The molecule has 0 aliphatic carbocycles. The van der Waals surface area contributed by atoms with Crippen molar-refractivity contribution in [1.29, 1.82) is 0 Å². The minimum absolute atomic E-state index is 0. The molecular formula is C6H12N2O. The summed E-state index contributed by atoms with van der Waals surface area (Å²) < 4.78 is 4.73. The van der Waals surface area contributed by atoms with Crippen molar-refractivity contribution < 1.29 is 4.52 Å². The quantitative estimate of drug-likeness (QED) is 0.579. The second-order valence-electron chi connectivity index (χ2n) is 1.93. The molecule has 0 atom stereocenters. The molecule has 0 spiro atoms. The van der Waals surface area contributed by atoms with Crippen molar-refractivity contribution in [3.05, 3.63) is 12.2 Å². The summed E-state index contributed by atoms with van der Waals surface area (Å²) in [6, 6.07) is 0. The predicted molar refractivity (Wildman–Crippen MR) is 35.1 cm³/mol. The molecular weight excluding hydrogens is 116 g/mol. The van der Waals surface area contributed by atoms with Crippen LogP contribution >= 0.6 is 0 Å². The molecule has 3 heteroatoms. The number of rotatable bonds is 1. The molecule has 0 saturated carbocycles. The Balaban J connectivity index is 0.000000640. The summed E-state index contributed by atoms with van der Waals surface area (Å²) in [4.78, 5) is 3.84. The normalized spacial score (nSPS) is 9.22. The summed E-state index contributed by atoms with van der Waals surface area (Å²) in [6.07, 6.45) is 1.41. The first-order valence-electron chi connectivity index (χ1n) is 2.57. The maximum Gasteiger partial charge on any atom is 0.228 e. The Labute approximate surface area is 55.1 Å². The summed E-state index contributed by atoms with van der Waals surface area (Å²) in [5, 5.41) is 3.46. The van der Waals surface area contributed by atoms with E-state index in [9.17, 15) is 0 Å². The van der Waals surface area contributed by atoms with Crippen molar-refractivity contribution in [2.45, 2.75) is 27.2 Å². The van der Waals surface area contributed by atoms with E-state index in [2.05, 4.69) is 10.1 Å². The van der Waals surface area contributed by atoms with Crippen molar-refractivity contribution in [3.63, 3.8) is 0 Å². The summed E-state index contributed by atoms with van der Waals surface area (Å²) in [5.41, 5.74) is 0. The Hall–Kier alpha value is -0.860. The van der Waals surface area contributed by atoms with E-state index >= 15 is 0 Å². The lowest BCUT2D eigenvalue weighted by molar-refractivity contribution is 0.364. The van der Waals surface area contributed by atoms with Gasteiger partial charge in [0, 0.05) is 5.92 Å². The van der Waals surface area contributed by atoms with E-state index in [1.807, 2.05) is 13.8 Å². The van der Waals surface area contributed by atoms with Crippen molar-refractivity contribution in [3.8, 4) is 0 Å². The lowest BCUT2D eigenvalue weighted by atomic mass is 10.2. The minimum Gasteiger partial charge on any atom is -0.339 e. The van der Waals surface area contributed by atoms with Crippen LogP contribution in [0.4, 0.5) is 0 Å². The van der Waals surface area contributed by atoms with E-state index in [1.165, 1.54) is 6.33 Å². The largest absolute Gasteiger partial charge is 0.339 e. The third-order valence-electron chi connectivity index (χ3n) is 0.872. The van der Waals surface area contributed by atoms with Crippen LogP contribution in [0, 0.1) is 0 Å². The SMILES string of the molecule is C.CC(C)c1ncno1. The van der Waals surface area contributed by atoms with Crippen molar-refractivity contribution in [2.75, 3.05) is 0 Å². The van der Waals surface area contributed by atoms with Gasteiger partial charge in [-0.2, -0.15) is 4.98 Å². The number of nitrogens with zero attached hydrogens (tertiary/aromatic N) is 2. The minimum atomic E-state index is 0. The topological polar surface area (TPSA) is 38.9 Å². The first-order chi connectivity index (χ1) is 3.80. The Bertz CT molecular complexity index is 146. The average molecular weight is 128 g/mol. The molecule has 0 amide bonds. The number of hydrogen-bond donors (Lipinski definition) is 0. The van der Waals surface area contributed by atoms with E-state index in [4.69, 9.17) is 4.52 Å². The van der Waals surface area contributed by atoms with Gasteiger partial charge in [-0.3, -0.25) is 0 Å². The van der Waals surface area contributed by atoms with Crippen LogP contribution in [0.1, 0.15) is 33.1 Å². The summed E-state index contributed by atoms with van der Waals surface area (Å²) in [5.74, 6) is 1.04. The maximum atomic E-state index is 4.73. The van der Waals surface area contributed by atoms with Gasteiger partial charge in [-0.25, -0.2) is 0 Å². The number of aromatic nitrogens is 2. The van der Waals surface area contributed by atoms with E-state index in [0.717, 1.165) is 0 Å². The molecule has 52 valence electrons. The lowest BCUT2D eigenvalue weighted by Crippen LogP contribution is -1.84. The van der Waals surface area contributed by atoms with Crippen LogP contribution in [-0.4, -0.2) is 10.1 Å². The molecule has 1 heterocycles. The van der Waals surface area contributed by atoms with Gasteiger partial charge in [0.25, 0.3) is 0 Å². The second kappa shape index (κ2) is 3.22. The molecule has 0 aliphatic heterocycles. The molecule has 0 unspecified atom stereocenters. The third kappa shape index (κ3) is 1.83. The standard InChI is InChI=1S/C5H8N2O.CH4/c1-4(2)5-6-3-7-8-5;/h3-4H,1-2H3;1H4. The Kier molecular flexibility index (Phi) is 2.91. The zero-order chi connectivity index (χ0) is 5.98. The fourth-order valence-corrected chi connectivity index (χ4v) is 0.436. The van der Waals surface area contributed by atoms with Crippen molar-refractivity contribution >= 4 is 0 Å². The van der Waals surface area contributed by atoms with Crippen molar-refractivity contribution in [2.24, 2.45) is 0 Å². The van der Waals surface area contributed by atoms with Gasteiger partial charge >= 0.3 is 0 Å². The van der Waals surface area contributed by atoms with Gasteiger partial charge in [-0.15, -0.1) is 0 Å². The highest BCUT2D eigenvalue weighted by Crippen LogP contribution is 2.07. The van der Waals surface area contributed by atoms with E-state index in [1.54, 1.807) is 0 Å². The van der Waals surface area contributed by atoms with E-state index < -0.39 is 0 Å². The summed E-state index contributed by atoms with van der Waals surface area (Å²) in [6.45, 7) is 4.01. The van der Waals surface area contributed by atoms with Gasteiger partial charge in [0.05, 0.1) is 0 Å². The predicted octanol–water partition coefficient (Wildman–Crippen LogP) is 1.83. The monoisotopic (exact) mass is 128 g/mol. The first kappa shape index (κ1) is 8.14. The smallest absolute Gasteiger partial charge is 0.228 e. The van der Waals surface area contributed by atoms with Crippen LogP contribution in [0.5, 0.6) is 0 Å². The molecule has 0 radical (unpaired) electrons. The van der Waals surface area contributed by atoms with E-state index in [0.29, 0.717) is 11.8 Å². The molecule has 1 aromatic heterocycles. The molecule has 0 fully saturated rings. The number of hydrogen-bond acceptors (Lipinski definition) is 3. The van der Waals surface area contributed by atoms with Crippen LogP contribution in [0.3, 0.4) is 0 Å². The van der Waals surface area contributed by atoms with Crippen LogP contribution in [-0.2, 0) is 0 Å². The lowest BCUT2D eigenvalue weighted by Gasteiger charge is -1.90. The van der Waals surface area contributed by atoms with Gasteiger partial charge in [-0.05, 0) is 0 Å².